The second kappa shape index (κ2) is 6.20. The molecule has 0 spiro atoms. The zero-order valence-electron chi connectivity index (χ0n) is 12.1. The average molecular weight is 265 g/mol. The highest BCUT2D eigenvalue weighted by atomic mass is 16.1. The SMILES string of the molecule is Cc1ccc(C(=O)C=CNc2cccc(C)c2C)cc1. The van der Waals surface area contributed by atoms with Gasteiger partial charge in [0, 0.05) is 23.5 Å². The number of aryl methyl sites for hydroxylation is 2. The number of allylic oxidation sites excluding steroid dienone is 1. The highest BCUT2D eigenvalue weighted by Gasteiger charge is 2.01. The summed E-state index contributed by atoms with van der Waals surface area (Å²) in [4.78, 5) is 12.0. The molecule has 0 saturated carbocycles. The van der Waals surface area contributed by atoms with Gasteiger partial charge in [-0.3, -0.25) is 4.79 Å². The molecule has 1 N–H and O–H groups in total. The highest BCUT2D eigenvalue weighted by Crippen LogP contribution is 2.17. The lowest BCUT2D eigenvalue weighted by atomic mass is 10.1. The van der Waals surface area contributed by atoms with E-state index in [-0.39, 0.29) is 5.78 Å². The summed E-state index contributed by atoms with van der Waals surface area (Å²) in [5.74, 6) is 0.00260. The molecule has 0 fully saturated rings. The van der Waals surface area contributed by atoms with Crippen LogP contribution in [0.4, 0.5) is 5.69 Å². The van der Waals surface area contributed by atoms with E-state index >= 15 is 0 Å². The Morgan fingerprint density at radius 3 is 2.40 bits per heavy atom. The number of benzene rings is 2. The van der Waals surface area contributed by atoms with Crippen LogP contribution >= 0.6 is 0 Å². The van der Waals surface area contributed by atoms with Gasteiger partial charge in [0.1, 0.15) is 0 Å². The van der Waals surface area contributed by atoms with E-state index in [4.69, 9.17) is 0 Å². The fourth-order valence-corrected chi connectivity index (χ4v) is 1.93. The van der Waals surface area contributed by atoms with Crippen molar-refractivity contribution in [3.05, 3.63) is 77.0 Å². The van der Waals surface area contributed by atoms with Gasteiger partial charge in [-0.05, 0) is 38.0 Å². The van der Waals surface area contributed by atoms with Crippen LogP contribution in [-0.4, -0.2) is 5.78 Å². The van der Waals surface area contributed by atoms with E-state index in [1.54, 1.807) is 12.3 Å². The molecule has 0 bridgehead atoms. The third-order valence-electron chi connectivity index (χ3n) is 3.41. The maximum absolute atomic E-state index is 12.0. The van der Waals surface area contributed by atoms with Gasteiger partial charge in [-0.1, -0.05) is 42.0 Å². The van der Waals surface area contributed by atoms with Gasteiger partial charge in [0.2, 0.25) is 0 Å². The summed E-state index contributed by atoms with van der Waals surface area (Å²) in [5.41, 5.74) is 5.31. The molecular formula is C18H19NO. The van der Waals surface area contributed by atoms with Crippen molar-refractivity contribution in [2.75, 3.05) is 5.32 Å². The number of carbonyl (C=O) groups is 1. The fraction of sp³-hybridized carbons (Fsp3) is 0.167. The number of carbonyl (C=O) groups excluding carboxylic acids is 1. The first-order valence-corrected chi connectivity index (χ1v) is 6.68. The smallest absolute Gasteiger partial charge is 0.187 e. The van der Waals surface area contributed by atoms with Crippen molar-refractivity contribution in [1.29, 1.82) is 0 Å². The summed E-state index contributed by atoms with van der Waals surface area (Å²) in [6.45, 7) is 6.14. The number of ketones is 1. The summed E-state index contributed by atoms with van der Waals surface area (Å²) in [6, 6.07) is 13.7. The molecule has 0 aliphatic heterocycles. The van der Waals surface area contributed by atoms with Crippen LogP contribution < -0.4 is 5.32 Å². The average Bonchev–Trinajstić information content (AvgIpc) is 2.44. The molecule has 2 rings (SSSR count). The molecule has 0 aliphatic carbocycles. The fourth-order valence-electron chi connectivity index (χ4n) is 1.93. The van der Waals surface area contributed by atoms with Crippen molar-refractivity contribution < 1.29 is 4.79 Å². The van der Waals surface area contributed by atoms with Gasteiger partial charge in [0.25, 0.3) is 0 Å². The zero-order valence-corrected chi connectivity index (χ0v) is 12.1. The Labute approximate surface area is 120 Å². The predicted molar refractivity (Wildman–Crippen MR) is 84.2 cm³/mol. The molecule has 0 amide bonds. The number of hydrogen-bond donors (Lipinski definition) is 1. The summed E-state index contributed by atoms with van der Waals surface area (Å²) < 4.78 is 0. The molecule has 2 aromatic rings. The van der Waals surface area contributed by atoms with Gasteiger partial charge in [-0.25, -0.2) is 0 Å². The van der Waals surface area contributed by atoms with E-state index in [1.165, 1.54) is 11.1 Å². The quantitative estimate of drug-likeness (QED) is 0.655. The molecule has 2 heteroatoms. The van der Waals surface area contributed by atoms with E-state index < -0.39 is 0 Å². The van der Waals surface area contributed by atoms with E-state index in [9.17, 15) is 4.79 Å². The van der Waals surface area contributed by atoms with Gasteiger partial charge < -0.3 is 5.32 Å². The van der Waals surface area contributed by atoms with Gasteiger partial charge in [-0.15, -0.1) is 0 Å². The van der Waals surface area contributed by atoms with Crippen LogP contribution in [0.3, 0.4) is 0 Å². The minimum absolute atomic E-state index is 0.00260. The third-order valence-corrected chi connectivity index (χ3v) is 3.41. The minimum atomic E-state index is 0.00260. The molecule has 102 valence electrons. The summed E-state index contributed by atoms with van der Waals surface area (Å²) in [7, 11) is 0. The Morgan fingerprint density at radius 2 is 1.70 bits per heavy atom. The lowest BCUT2D eigenvalue weighted by molar-refractivity contribution is 0.104. The van der Waals surface area contributed by atoms with Gasteiger partial charge in [0.05, 0.1) is 0 Å². The van der Waals surface area contributed by atoms with Crippen LogP contribution in [0.5, 0.6) is 0 Å². The number of nitrogens with one attached hydrogen (secondary N) is 1. The normalized spacial score (nSPS) is 10.8. The van der Waals surface area contributed by atoms with Crippen LogP contribution in [0, 0.1) is 20.8 Å². The molecule has 2 aromatic carbocycles. The van der Waals surface area contributed by atoms with Crippen molar-refractivity contribution >= 4 is 11.5 Å². The topological polar surface area (TPSA) is 29.1 Å². The Kier molecular flexibility index (Phi) is 4.36. The molecule has 0 unspecified atom stereocenters. The van der Waals surface area contributed by atoms with E-state index in [1.807, 2.05) is 43.3 Å². The number of rotatable bonds is 4. The molecule has 20 heavy (non-hydrogen) atoms. The Balaban J connectivity index is 2.05. The first kappa shape index (κ1) is 14.1. The Bertz CT molecular complexity index is 639. The first-order chi connectivity index (χ1) is 9.58. The van der Waals surface area contributed by atoms with Gasteiger partial charge in [0.15, 0.2) is 5.78 Å². The molecule has 2 nitrogen and oxygen atoms in total. The predicted octanol–water partition coefficient (Wildman–Crippen LogP) is 4.42. The largest absolute Gasteiger partial charge is 0.361 e. The van der Waals surface area contributed by atoms with Crippen LogP contribution in [0.1, 0.15) is 27.0 Å². The van der Waals surface area contributed by atoms with Crippen LogP contribution in [0.15, 0.2) is 54.7 Å². The standard InChI is InChI=1S/C18H19NO/c1-13-7-9-16(10-8-13)18(20)11-12-19-17-6-4-5-14(2)15(17)3/h4-12,19H,1-3H3. The lowest BCUT2D eigenvalue weighted by Crippen LogP contribution is -1.97. The summed E-state index contributed by atoms with van der Waals surface area (Å²) in [5, 5.41) is 3.16. The summed E-state index contributed by atoms with van der Waals surface area (Å²) >= 11 is 0. The molecule has 0 saturated heterocycles. The van der Waals surface area contributed by atoms with Crippen molar-refractivity contribution in [3.8, 4) is 0 Å². The van der Waals surface area contributed by atoms with Crippen molar-refractivity contribution in [2.24, 2.45) is 0 Å². The molecule has 0 heterocycles. The Hall–Kier alpha value is -2.35. The summed E-state index contributed by atoms with van der Waals surface area (Å²) in [6.07, 6.45) is 3.26. The van der Waals surface area contributed by atoms with Gasteiger partial charge in [-0.2, -0.15) is 0 Å². The van der Waals surface area contributed by atoms with E-state index in [0.717, 1.165) is 11.3 Å². The van der Waals surface area contributed by atoms with Gasteiger partial charge >= 0.3 is 0 Å². The Morgan fingerprint density at radius 1 is 1.00 bits per heavy atom. The van der Waals surface area contributed by atoms with Crippen molar-refractivity contribution in [1.82, 2.24) is 0 Å². The maximum Gasteiger partial charge on any atom is 0.187 e. The number of anilines is 1. The molecule has 0 aromatic heterocycles. The second-order valence-electron chi connectivity index (χ2n) is 4.96. The molecule has 0 atom stereocenters. The van der Waals surface area contributed by atoms with E-state index in [2.05, 4.69) is 25.2 Å². The maximum atomic E-state index is 12.0. The van der Waals surface area contributed by atoms with Crippen molar-refractivity contribution in [3.63, 3.8) is 0 Å². The van der Waals surface area contributed by atoms with Crippen LogP contribution in [-0.2, 0) is 0 Å². The monoisotopic (exact) mass is 265 g/mol. The minimum Gasteiger partial charge on any atom is -0.361 e. The first-order valence-electron chi connectivity index (χ1n) is 6.68. The van der Waals surface area contributed by atoms with E-state index in [0.29, 0.717) is 5.56 Å². The molecule has 0 radical (unpaired) electrons. The highest BCUT2D eigenvalue weighted by molar-refractivity contribution is 6.04. The third kappa shape index (κ3) is 3.35. The van der Waals surface area contributed by atoms with Crippen LogP contribution in [0.25, 0.3) is 0 Å². The lowest BCUT2D eigenvalue weighted by Gasteiger charge is -2.07. The number of hydrogen-bond acceptors (Lipinski definition) is 2. The second-order valence-corrected chi connectivity index (χ2v) is 4.96. The van der Waals surface area contributed by atoms with Crippen LogP contribution in [0.2, 0.25) is 0 Å². The molecular weight excluding hydrogens is 246 g/mol. The zero-order chi connectivity index (χ0) is 14.5. The van der Waals surface area contributed by atoms with Crippen molar-refractivity contribution in [2.45, 2.75) is 20.8 Å². The molecule has 0 aliphatic rings.